The van der Waals surface area contributed by atoms with E-state index in [4.69, 9.17) is 0 Å². The van der Waals surface area contributed by atoms with Gasteiger partial charge >= 0.3 is 0 Å². The maximum atomic E-state index is 11.2. The van der Waals surface area contributed by atoms with E-state index in [1.54, 1.807) is 14.1 Å². The van der Waals surface area contributed by atoms with Crippen LogP contribution in [0.15, 0.2) is 21.7 Å². The number of carbonyl (C=O) groups excluding carboxylic acids is 1. The van der Waals surface area contributed by atoms with E-state index in [-0.39, 0.29) is 12.5 Å². The lowest BCUT2D eigenvalue weighted by atomic mass is 10.4. The molecule has 0 saturated carbocycles. The highest BCUT2D eigenvalue weighted by molar-refractivity contribution is 9.10. The Labute approximate surface area is 122 Å². The summed E-state index contributed by atoms with van der Waals surface area (Å²) in [5.41, 5.74) is 1.15. The molecule has 0 fully saturated rings. The number of carbonyl (C=O) groups is 1. The van der Waals surface area contributed by atoms with Crippen molar-refractivity contribution in [1.82, 2.24) is 20.1 Å². The van der Waals surface area contributed by atoms with Gasteiger partial charge in [-0.2, -0.15) is 0 Å². The molecule has 2 N–H and O–H groups in total. The predicted octanol–water partition coefficient (Wildman–Crippen LogP) is 0.541. The van der Waals surface area contributed by atoms with E-state index in [9.17, 15) is 4.79 Å². The molecule has 106 valence electrons. The molecular weight excluding hydrogens is 310 g/mol. The van der Waals surface area contributed by atoms with Crippen molar-refractivity contribution >= 4 is 27.8 Å². The highest BCUT2D eigenvalue weighted by Gasteiger charge is 2.10. The summed E-state index contributed by atoms with van der Waals surface area (Å²) < 4.78 is 3.10. The summed E-state index contributed by atoms with van der Waals surface area (Å²) in [4.78, 5) is 17.3. The fourth-order valence-electron chi connectivity index (χ4n) is 1.67. The average Bonchev–Trinajstić information content (AvgIpc) is 2.68. The molecule has 1 aromatic rings. The van der Waals surface area contributed by atoms with Crippen LogP contribution in [0, 0.1) is 0 Å². The number of halogens is 1. The van der Waals surface area contributed by atoms with Crippen LogP contribution < -0.4 is 10.6 Å². The van der Waals surface area contributed by atoms with Crippen LogP contribution in [-0.2, 0) is 18.4 Å². The van der Waals surface area contributed by atoms with Gasteiger partial charge in [-0.1, -0.05) is 0 Å². The third-order valence-corrected chi connectivity index (χ3v) is 3.17. The SMILES string of the molecule is CN=C(NCC(=O)NC)N(C)Cc1cc(Br)cn1C. The predicted molar refractivity (Wildman–Crippen MR) is 80.0 cm³/mol. The van der Waals surface area contributed by atoms with Crippen LogP contribution in [0.1, 0.15) is 5.69 Å². The van der Waals surface area contributed by atoms with E-state index in [2.05, 4.69) is 37.6 Å². The van der Waals surface area contributed by atoms with Gasteiger partial charge in [0.25, 0.3) is 0 Å². The van der Waals surface area contributed by atoms with Crippen molar-refractivity contribution in [3.05, 3.63) is 22.4 Å². The van der Waals surface area contributed by atoms with Crippen molar-refractivity contribution < 1.29 is 4.79 Å². The summed E-state index contributed by atoms with van der Waals surface area (Å²) in [5.74, 6) is 0.608. The second kappa shape index (κ2) is 7.18. The Hall–Kier alpha value is -1.50. The van der Waals surface area contributed by atoms with Gasteiger partial charge in [-0.05, 0) is 22.0 Å². The number of likely N-dealkylation sites (N-methyl/N-ethyl adjacent to an activating group) is 1. The van der Waals surface area contributed by atoms with Gasteiger partial charge in [-0.25, -0.2) is 0 Å². The molecule has 0 aliphatic rings. The zero-order chi connectivity index (χ0) is 14.4. The molecule has 1 rings (SSSR count). The van der Waals surface area contributed by atoms with E-state index >= 15 is 0 Å². The van der Waals surface area contributed by atoms with Gasteiger partial charge in [0.1, 0.15) is 0 Å². The largest absolute Gasteiger partial charge is 0.358 e. The van der Waals surface area contributed by atoms with E-state index in [0.717, 1.165) is 10.2 Å². The Bertz CT molecular complexity index is 469. The second-order valence-corrected chi connectivity index (χ2v) is 5.11. The fourth-order valence-corrected chi connectivity index (χ4v) is 2.25. The summed E-state index contributed by atoms with van der Waals surface area (Å²) in [7, 11) is 7.23. The van der Waals surface area contributed by atoms with Crippen LogP contribution in [0.5, 0.6) is 0 Å². The Morgan fingerprint density at radius 3 is 2.74 bits per heavy atom. The molecular formula is C12H20BrN5O. The Morgan fingerprint density at radius 2 is 2.26 bits per heavy atom. The van der Waals surface area contributed by atoms with Crippen molar-refractivity contribution in [3.63, 3.8) is 0 Å². The third kappa shape index (κ3) is 4.59. The number of guanidine groups is 1. The molecule has 0 bridgehead atoms. The molecule has 0 aromatic carbocycles. The maximum absolute atomic E-state index is 11.2. The zero-order valence-electron chi connectivity index (χ0n) is 11.7. The number of amides is 1. The van der Waals surface area contributed by atoms with Gasteiger partial charge in [0.05, 0.1) is 13.1 Å². The van der Waals surface area contributed by atoms with Crippen molar-refractivity contribution in [2.45, 2.75) is 6.54 Å². The first-order valence-corrected chi connectivity index (χ1v) is 6.70. The van der Waals surface area contributed by atoms with E-state index in [1.165, 1.54) is 0 Å². The van der Waals surface area contributed by atoms with E-state index in [0.29, 0.717) is 12.5 Å². The van der Waals surface area contributed by atoms with E-state index in [1.807, 2.05) is 29.8 Å². The maximum Gasteiger partial charge on any atom is 0.239 e. The quantitative estimate of drug-likeness (QED) is 0.626. The topological polar surface area (TPSA) is 61.7 Å². The molecule has 19 heavy (non-hydrogen) atoms. The number of nitrogens with one attached hydrogen (secondary N) is 2. The molecule has 1 amide bonds. The molecule has 0 aliphatic heterocycles. The Morgan fingerprint density at radius 1 is 1.58 bits per heavy atom. The van der Waals surface area contributed by atoms with Crippen LogP contribution in [0.25, 0.3) is 0 Å². The van der Waals surface area contributed by atoms with Gasteiger partial charge in [0.2, 0.25) is 5.91 Å². The van der Waals surface area contributed by atoms with E-state index < -0.39 is 0 Å². The monoisotopic (exact) mass is 329 g/mol. The number of nitrogens with zero attached hydrogens (tertiary/aromatic N) is 3. The first-order chi connectivity index (χ1) is 8.97. The van der Waals surface area contributed by atoms with Crippen LogP contribution in [0.2, 0.25) is 0 Å². The van der Waals surface area contributed by atoms with Gasteiger partial charge in [-0.3, -0.25) is 9.79 Å². The van der Waals surface area contributed by atoms with Gasteiger partial charge in [0.15, 0.2) is 5.96 Å². The second-order valence-electron chi connectivity index (χ2n) is 4.19. The van der Waals surface area contributed by atoms with Crippen LogP contribution in [0.4, 0.5) is 0 Å². The van der Waals surface area contributed by atoms with Gasteiger partial charge in [0, 0.05) is 44.6 Å². The smallest absolute Gasteiger partial charge is 0.239 e. The number of hydrogen-bond donors (Lipinski definition) is 2. The van der Waals surface area contributed by atoms with Crippen molar-refractivity contribution in [3.8, 4) is 0 Å². The summed E-state index contributed by atoms with van der Waals surface area (Å²) in [5, 5.41) is 5.57. The average molecular weight is 330 g/mol. The Balaban J connectivity index is 2.62. The van der Waals surface area contributed by atoms with Gasteiger partial charge in [-0.15, -0.1) is 0 Å². The number of rotatable bonds is 4. The van der Waals surface area contributed by atoms with Crippen LogP contribution in [0.3, 0.4) is 0 Å². The van der Waals surface area contributed by atoms with Crippen LogP contribution >= 0.6 is 15.9 Å². The zero-order valence-corrected chi connectivity index (χ0v) is 13.3. The summed E-state index contributed by atoms with van der Waals surface area (Å²) >= 11 is 3.45. The highest BCUT2D eigenvalue weighted by atomic mass is 79.9. The molecule has 6 nitrogen and oxygen atoms in total. The number of aryl methyl sites for hydroxylation is 1. The lowest BCUT2D eigenvalue weighted by molar-refractivity contribution is -0.119. The summed E-state index contributed by atoms with van der Waals surface area (Å²) in [6.07, 6.45) is 2.00. The number of hydrogen-bond acceptors (Lipinski definition) is 2. The third-order valence-electron chi connectivity index (χ3n) is 2.73. The lowest BCUT2D eigenvalue weighted by Crippen LogP contribution is -2.43. The first kappa shape index (κ1) is 15.6. The molecule has 0 spiro atoms. The van der Waals surface area contributed by atoms with Gasteiger partial charge < -0.3 is 20.1 Å². The highest BCUT2D eigenvalue weighted by Crippen LogP contribution is 2.14. The molecule has 0 radical (unpaired) electrons. The number of aromatic nitrogens is 1. The minimum absolute atomic E-state index is 0.0730. The fraction of sp³-hybridized carbons (Fsp3) is 0.500. The van der Waals surface area contributed by atoms with Crippen molar-refractivity contribution in [2.24, 2.45) is 12.0 Å². The Kier molecular flexibility index (Phi) is 5.88. The lowest BCUT2D eigenvalue weighted by Gasteiger charge is -2.22. The summed E-state index contributed by atoms with van der Waals surface area (Å²) in [6, 6.07) is 2.06. The molecule has 1 heterocycles. The molecule has 0 aliphatic carbocycles. The molecule has 0 atom stereocenters. The first-order valence-electron chi connectivity index (χ1n) is 5.91. The standard InChI is InChI=1S/C12H20BrN5O/c1-14-11(19)6-16-12(15-2)18(4)8-10-5-9(13)7-17(10)3/h5,7H,6,8H2,1-4H3,(H,14,19)(H,15,16). The minimum atomic E-state index is -0.0730. The van der Waals surface area contributed by atoms with Crippen molar-refractivity contribution in [2.75, 3.05) is 27.7 Å². The number of aliphatic imine (C=N–C) groups is 1. The normalized spacial score (nSPS) is 11.3. The summed E-state index contributed by atoms with van der Waals surface area (Å²) in [6.45, 7) is 0.917. The molecule has 7 heteroatoms. The minimum Gasteiger partial charge on any atom is -0.358 e. The molecule has 0 unspecified atom stereocenters. The van der Waals surface area contributed by atoms with Crippen molar-refractivity contribution in [1.29, 1.82) is 0 Å². The molecule has 1 aromatic heterocycles. The molecule has 0 saturated heterocycles. The van der Waals surface area contributed by atoms with Crippen LogP contribution in [-0.4, -0.2) is 49.0 Å².